The number of rotatable bonds is 1. The second kappa shape index (κ2) is 5.38. The predicted molar refractivity (Wildman–Crippen MR) is 86.4 cm³/mol. The summed E-state index contributed by atoms with van der Waals surface area (Å²) >= 11 is 0. The third-order valence-electron chi connectivity index (χ3n) is 5.98. The summed E-state index contributed by atoms with van der Waals surface area (Å²) in [4.78, 5) is 5.38. The average Bonchev–Trinajstić information content (AvgIpc) is 2.98. The summed E-state index contributed by atoms with van der Waals surface area (Å²) in [6, 6.07) is 10.3. The van der Waals surface area contributed by atoms with E-state index in [4.69, 9.17) is 5.73 Å². The number of hydrogen-bond donors (Lipinski definition) is 1. The summed E-state index contributed by atoms with van der Waals surface area (Å²) in [5.74, 6) is 0.632. The molecule has 1 aromatic rings. The third-order valence-corrected chi connectivity index (χ3v) is 5.98. The van der Waals surface area contributed by atoms with Crippen molar-refractivity contribution in [3.05, 3.63) is 35.4 Å². The SMILES string of the molecule is CC1CC(N2CCN3CCCC3C2)C(N)c2ccccc21. The monoisotopic (exact) mass is 285 g/mol. The lowest BCUT2D eigenvalue weighted by atomic mass is 9.77. The van der Waals surface area contributed by atoms with Gasteiger partial charge in [-0.15, -0.1) is 0 Å². The van der Waals surface area contributed by atoms with E-state index in [0.29, 0.717) is 12.0 Å². The van der Waals surface area contributed by atoms with Crippen LogP contribution in [-0.4, -0.2) is 48.1 Å². The van der Waals surface area contributed by atoms with E-state index >= 15 is 0 Å². The van der Waals surface area contributed by atoms with E-state index in [1.807, 2.05) is 0 Å². The summed E-state index contributed by atoms with van der Waals surface area (Å²) in [6.07, 6.45) is 3.98. The Morgan fingerprint density at radius 2 is 1.81 bits per heavy atom. The second-order valence-electron chi connectivity index (χ2n) is 7.19. The van der Waals surface area contributed by atoms with Gasteiger partial charge >= 0.3 is 0 Å². The van der Waals surface area contributed by atoms with Gasteiger partial charge in [0, 0.05) is 37.8 Å². The number of nitrogens with zero attached hydrogens (tertiary/aromatic N) is 2. The van der Waals surface area contributed by atoms with Gasteiger partial charge in [-0.1, -0.05) is 31.2 Å². The van der Waals surface area contributed by atoms with Crippen molar-refractivity contribution < 1.29 is 0 Å². The first kappa shape index (κ1) is 13.7. The van der Waals surface area contributed by atoms with E-state index < -0.39 is 0 Å². The largest absolute Gasteiger partial charge is 0.323 e. The van der Waals surface area contributed by atoms with Crippen LogP contribution in [0.15, 0.2) is 24.3 Å². The zero-order valence-corrected chi connectivity index (χ0v) is 13.0. The molecule has 2 aliphatic heterocycles. The highest BCUT2D eigenvalue weighted by molar-refractivity contribution is 5.36. The van der Waals surface area contributed by atoms with Gasteiger partial charge in [0.05, 0.1) is 0 Å². The average molecular weight is 285 g/mol. The molecule has 0 bridgehead atoms. The number of piperazine rings is 1. The number of nitrogens with two attached hydrogens (primary N) is 1. The maximum absolute atomic E-state index is 6.67. The fourth-order valence-corrected chi connectivity index (χ4v) is 4.80. The molecule has 1 aliphatic carbocycles. The van der Waals surface area contributed by atoms with Crippen LogP contribution < -0.4 is 5.73 Å². The zero-order chi connectivity index (χ0) is 14.4. The molecule has 2 N–H and O–H groups in total. The van der Waals surface area contributed by atoms with Crippen molar-refractivity contribution >= 4 is 0 Å². The van der Waals surface area contributed by atoms with Crippen molar-refractivity contribution in [3.63, 3.8) is 0 Å². The Hall–Kier alpha value is -0.900. The minimum Gasteiger partial charge on any atom is -0.323 e. The molecule has 0 amide bonds. The number of hydrogen-bond acceptors (Lipinski definition) is 3. The number of fused-ring (bicyclic) bond motifs is 2. The highest BCUT2D eigenvalue weighted by Gasteiger charge is 2.38. The van der Waals surface area contributed by atoms with Crippen molar-refractivity contribution in [1.29, 1.82) is 0 Å². The van der Waals surface area contributed by atoms with Crippen LogP contribution in [0.25, 0.3) is 0 Å². The first-order valence-corrected chi connectivity index (χ1v) is 8.56. The molecule has 0 aromatic heterocycles. The third kappa shape index (κ3) is 2.32. The Kier molecular flexibility index (Phi) is 3.52. The smallest absolute Gasteiger partial charge is 0.0456 e. The number of benzene rings is 1. The Labute approximate surface area is 128 Å². The van der Waals surface area contributed by atoms with Crippen LogP contribution in [0.1, 0.15) is 49.3 Å². The van der Waals surface area contributed by atoms with Gasteiger partial charge in [-0.25, -0.2) is 0 Å². The van der Waals surface area contributed by atoms with Gasteiger partial charge < -0.3 is 5.73 Å². The maximum Gasteiger partial charge on any atom is 0.0456 e. The lowest BCUT2D eigenvalue weighted by Gasteiger charge is -2.46. The zero-order valence-electron chi connectivity index (χ0n) is 13.0. The van der Waals surface area contributed by atoms with E-state index in [0.717, 1.165) is 6.04 Å². The van der Waals surface area contributed by atoms with Crippen molar-refractivity contribution in [2.24, 2.45) is 5.73 Å². The highest BCUT2D eigenvalue weighted by atomic mass is 15.3. The van der Waals surface area contributed by atoms with Crippen LogP contribution in [-0.2, 0) is 0 Å². The van der Waals surface area contributed by atoms with Gasteiger partial charge in [0.25, 0.3) is 0 Å². The fourth-order valence-electron chi connectivity index (χ4n) is 4.80. The first-order chi connectivity index (χ1) is 10.2. The van der Waals surface area contributed by atoms with Gasteiger partial charge in [-0.3, -0.25) is 9.80 Å². The summed E-state index contributed by atoms with van der Waals surface area (Å²) in [6.45, 7) is 7.35. The molecule has 2 saturated heterocycles. The predicted octanol–water partition coefficient (Wildman–Crippen LogP) is 2.34. The van der Waals surface area contributed by atoms with Crippen LogP contribution in [0.3, 0.4) is 0 Å². The minimum atomic E-state index is 0.186. The minimum absolute atomic E-state index is 0.186. The van der Waals surface area contributed by atoms with Crippen LogP contribution >= 0.6 is 0 Å². The Morgan fingerprint density at radius 3 is 2.67 bits per heavy atom. The normalized spacial score (nSPS) is 37.2. The van der Waals surface area contributed by atoms with Crippen LogP contribution in [0, 0.1) is 0 Å². The van der Waals surface area contributed by atoms with Crippen molar-refractivity contribution in [2.75, 3.05) is 26.2 Å². The lowest BCUT2D eigenvalue weighted by molar-refractivity contribution is 0.0527. The van der Waals surface area contributed by atoms with Crippen molar-refractivity contribution in [2.45, 2.75) is 50.2 Å². The molecular formula is C18H27N3. The Balaban J connectivity index is 1.56. The molecule has 4 rings (SSSR count). The maximum atomic E-state index is 6.67. The first-order valence-electron chi connectivity index (χ1n) is 8.56. The van der Waals surface area contributed by atoms with Crippen LogP contribution in [0.4, 0.5) is 0 Å². The lowest BCUT2D eigenvalue weighted by Crippen LogP contribution is -2.56. The molecule has 3 aliphatic rings. The Morgan fingerprint density at radius 1 is 1.05 bits per heavy atom. The molecule has 3 nitrogen and oxygen atoms in total. The fraction of sp³-hybridized carbons (Fsp3) is 0.667. The van der Waals surface area contributed by atoms with Crippen molar-refractivity contribution in [3.8, 4) is 0 Å². The van der Waals surface area contributed by atoms with E-state index in [-0.39, 0.29) is 6.04 Å². The molecule has 0 radical (unpaired) electrons. The molecule has 114 valence electrons. The molecule has 2 fully saturated rings. The highest BCUT2D eigenvalue weighted by Crippen LogP contribution is 2.39. The summed E-state index contributed by atoms with van der Waals surface area (Å²) < 4.78 is 0. The van der Waals surface area contributed by atoms with Gasteiger partial charge in [0.2, 0.25) is 0 Å². The van der Waals surface area contributed by atoms with Crippen LogP contribution in [0.5, 0.6) is 0 Å². The van der Waals surface area contributed by atoms with Gasteiger partial charge in [-0.05, 0) is 42.9 Å². The van der Waals surface area contributed by atoms with Gasteiger partial charge in [0.1, 0.15) is 0 Å². The quantitative estimate of drug-likeness (QED) is 0.859. The summed E-state index contributed by atoms with van der Waals surface area (Å²) in [5, 5.41) is 0. The summed E-state index contributed by atoms with van der Waals surface area (Å²) in [5.41, 5.74) is 9.52. The molecule has 0 spiro atoms. The molecule has 3 heteroatoms. The van der Waals surface area contributed by atoms with Gasteiger partial charge in [-0.2, -0.15) is 0 Å². The molecule has 4 atom stereocenters. The molecule has 4 unspecified atom stereocenters. The van der Waals surface area contributed by atoms with E-state index in [2.05, 4.69) is 41.0 Å². The topological polar surface area (TPSA) is 32.5 Å². The van der Waals surface area contributed by atoms with Crippen molar-refractivity contribution in [1.82, 2.24) is 9.80 Å². The molecule has 21 heavy (non-hydrogen) atoms. The van der Waals surface area contributed by atoms with E-state index in [9.17, 15) is 0 Å². The Bertz CT molecular complexity index is 515. The van der Waals surface area contributed by atoms with Gasteiger partial charge in [0.15, 0.2) is 0 Å². The molecule has 2 heterocycles. The second-order valence-corrected chi connectivity index (χ2v) is 7.19. The van der Waals surface area contributed by atoms with Crippen LogP contribution in [0.2, 0.25) is 0 Å². The molecule has 1 aromatic carbocycles. The molecule has 0 saturated carbocycles. The molecular weight excluding hydrogens is 258 g/mol. The van der Waals surface area contributed by atoms with E-state index in [1.165, 1.54) is 56.6 Å². The van der Waals surface area contributed by atoms with E-state index in [1.54, 1.807) is 0 Å². The standard InChI is InChI=1S/C18H27N3/c1-13-11-17(18(19)16-7-3-2-6-15(13)16)21-10-9-20-8-4-5-14(20)12-21/h2-3,6-7,13-14,17-18H,4-5,8-12,19H2,1H3. The summed E-state index contributed by atoms with van der Waals surface area (Å²) in [7, 11) is 0.